The summed E-state index contributed by atoms with van der Waals surface area (Å²) in [6, 6.07) is 9.73. The molecule has 3 rings (SSSR count). The van der Waals surface area contributed by atoms with Gasteiger partial charge in [-0.25, -0.2) is 4.98 Å². The zero-order chi connectivity index (χ0) is 17.8. The summed E-state index contributed by atoms with van der Waals surface area (Å²) in [5, 5.41) is 10.6. The predicted molar refractivity (Wildman–Crippen MR) is 94.7 cm³/mol. The van der Waals surface area contributed by atoms with Crippen LogP contribution >= 0.6 is 11.8 Å². The molecule has 0 N–H and O–H groups in total. The van der Waals surface area contributed by atoms with Crippen molar-refractivity contribution in [1.82, 2.24) is 9.88 Å². The quantitative estimate of drug-likeness (QED) is 0.601. The third kappa shape index (κ3) is 3.74. The van der Waals surface area contributed by atoms with Gasteiger partial charge >= 0.3 is 0 Å². The summed E-state index contributed by atoms with van der Waals surface area (Å²) in [6.07, 6.45) is 1.52. The van der Waals surface area contributed by atoms with Gasteiger partial charge in [0.25, 0.3) is 11.6 Å². The van der Waals surface area contributed by atoms with Gasteiger partial charge in [-0.3, -0.25) is 14.9 Å². The van der Waals surface area contributed by atoms with Gasteiger partial charge in [-0.15, -0.1) is 11.8 Å². The minimum Gasteiger partial charge on any atom is -0.478 e. The number of amides is 1. The second-order valence-electron chi connectivity index (χ2n) is 5.39. The fourth-order valence-electron chi connectivity index (χ4n) is 2.62. The zero-order valence-electron chi connectivity index (χ0n) is 13.6. The molecular formula is C17H17N3O4S. The van der Waals surface area contributed by atoms with E-state index in [0.717, 1.165) is 11.3 Å². The summed E-state index contributed by atoms with van der Waals surface area (Å²) in [4.78, 5) is 29.1. The van der Waals surface area contributed by atoms with Crippen molar-refractivity contribution in [2.45, 2.75) is 12.3 Å². The van der Waals surface area contributed by atoms with Gasteiger partial charge in [0.2, 0.25) is 5.88 Å². The number of hydrogen-bond donors (Lipinski definition) is 0. The van der Waals surface area contributed by atoms with Crippen molar-refractivity contribution < 1.29 is 14.5 Å². The van der Waals surface area contributed by atoms with Crippen molar-refractivity contribution in [3.05, 3.63) is 63.8 Å². The molecule has 2 heterocycles. The molecule has 1 aromatic carbocycles. The van der Waals surface area contributed by atoms with Gasteiger partial charge in [-0.2, -0.15) is 0 Å². The highest BCUT2D eigenvalue weighted by Gasteiger charge is 2.31. The number of rotatable bonds is 5. The molecular weight excluding hydrogens is 342 g/mol. The van der Waals surface area contributed by atoms with Gasteiger partial charge in [-0.1, -0.05) is 0 Å². The Bertz CT molecular complexity index is 764. The number of pyridine rings is 1. The Hall–Kier alpha value is -2.61. The van der Waals surface area contributed by atoms with Crippen LogP contribution < -0.4 is 4.74 Å². The first-order valence-corrected chi connectivity index (χ1v) is 8.91. The summed E-state index contributed by atoms with van der Waals surface area (Å²) >= 11 is 1.64. The average Bonchev–Trinajstić information content (AvgIpc) is 3.12. The molecule has 0 spiro atoms. The number of ether oxygens (including phenoxy) is 1. The van der Waals surface area contributed by atoms with Crippen LogP contribution in [0.2, 0.25) is 0 Å². The number of carbonyl (C=O) groups is 1. The van der Waals surface area contributed by atoms with E-state index in [1.165, 1.54) is 18.3 Å². The molecule has 0 bridgehead atoms. The Balaban J connectivity index is 1.78. The van der Waals surface area contributed by atoms with Crippen LogP contribution in [0.1, 0.15) is 28.2 Å². The number of nitrogens with zero attached hydrogens (tertiary/aromatic N) is 3. The van der Waals surface area contributed by atoms with E-state index in [1.54, 1.807) is 40.9 Å². The largest absolute Gasteiger partial charge is 0.478 e. The van der Waals surface area contributed by atoms with Crippen LogP contribution in [0.4, 0.5) is 5.69 Å². The Labute approximate surface area is 149 Å². The maximum absolute atomic E-state index is 12.8. The molecule has 1 fully saturated rings. The van der Waals surface area contributed by atoms with E-state index in [1.807, 2.05) is 6.92 Å². The number of non-ortho nitro benzene ring substituents is 1. The van der Waals surface area contributed by atoms with E-state index < -0.39 is 4.92 Å². The molecule has 1 aliphatic heterocycles. The highest BCUT2D eigenvalue weighted by atomic mass is 32.2. The van der Waals surface area contributed by atoms with Crippen molar-refractivity contribution in [3.63, 3.8) is 0 Å². The summed E-state index contributed by atoms with van der Waals surface area (Å²) in [5.41, 5.74) is 1.42. The van der Waals surface area contributed by atoms with Crippen LogP contribution in [0.5, 0.6) is 5.88 Å². The number of thioether (sulfide) groups is 1. The highest BCUT2D eigenvalue weighted by molar-refractivity contribution is 7.99. The fourth-order valence-corrected chi connectivity index (χ4v) is 3.88. The molecule has 0 aliphatic carbocycles. The van der Waals surface area contributed by atoms with E-state index in [4.69, 9.17) is 4.74 Å². The van der Waals surface area contributed by atoms with Crippen LogP contribution in [-0.2, 0) is 0 Å². The standard InChI is InChI=1S/C17H17N3O4S/c1-2-24-15-8-5-13(11-18-15)16(21)19-9-10-25-17(19)12-3-6-14(7-4-12)20(22)23/h3-8,11,17H,2,9-10H2,1H3. The van der Waals surface area contributed by atoms with Crippen molar-refractivity contribution >= 4 is 23.4 Å². The number of nitro benzene ring substituents is 1. The van der Waals surface area contributed by atoms with Gasteiger partial charge < -0.3 is 9.64 Å². The maximum atomic E-state index is 12.8. The minimum absolute atomic E-state index is 0.0420. The van der Waals surface area contributed by atoms with Crippen molar-refractivity contribution in [2.24, 2.45) is 0 Å². The van der Waals surface area contributed by atoms with Gasteiger partial charge in [0.05, 0.1) is 17.1 Å². The minimum atomic E-state index is -0.430. The van der Waals surface area contributed by atoms with Crippen LogP contribution in [-0.4, -0.2) is 39.6 Å². The third-order valence-electron chi connectivity index (χ3n) is 3.82. The number of aromatic nitrogens is 1. The second-order valence-corrected chi connectivity index (χ2v) is 6.58. The van der Waals surface area contributed by atoms with Crippen LogP contribution in [0, 0.1) is 10.1 Å². The lowest BCUT2D eigenvalue weighted by Crippen LogP contribution is -2.30. The average molecular weight is 359 g/mol. The molecule has 25 heavy (non-hydrogen) atoms. The SMILES string of the molecule is CCOc1ccc(C(=O)N2CCSC2c2ccc([N+](=O)[O-])cc2)cn1. The maximum Gasteiger partial charge on any atom is 0.269 e. The number of nitro groups is 1. The Kier molecular flexibility index (Phi) is 5.18. The molecule has 1 amide bonds. The lowest BCUT2D eigenvalue weighted by atomic mass is 10.1. The Morgan fingerprint density at radius 2 is 2.12 bits per heavy atom. The van der Waals surface area contributed by atoms with Crippen molar-refractivity contribution in [1.29, 1.82) is 0 Å². The molecule has 7 nitrogen and oxygen atoms in total. The Morgan fingerprint density at radius 1 is 1.36 bits per heavy atom. The first-order valence-electron chi connectivity index (χ1n) is 7.86. The normalized spacial score (nSPS) is 16.7. The summed E-state index contributed by atoms with van der Waals surface area (Å²) in [7, 11) is 0. The molecule has 1 aliphatic rings. The van der Waals surface area contributed by atoms with Crippen LogP contribution in [0.3, 0.4) is 0 Å². The smallest absolute Gasteiger partial charge is 0.269 e. The number of benzene rings is 1. The lowest BCUT2D eigenvalue weighted by molar-refractivity contribution is -0.384. The molecule has 1 aromatic heterocycles. The van der Waals surface area contributed by atoms with Crippen LogP contribution in [0.15, 0.2) is 42.6 Å². The second kappa shape index (κ2) is 7.52. The topological polar surface area (TPSA) is 85.6 Å². The summed E-state index contributed by atoms with van der Waals surface area (Å²) < 4.78 is 5.29. The van der Waals surface area contributed by atoms with E-state index in [2.05, 4.69) is 4.98 Å². The molecule has 8 heteroatoms. The van der Waals surface area contributed by atoms with Gasteiger partial charge in [0, 0.05) is 36.7 Å². The monoisotopic (exact) mass is 359 g/mol. The molecule has 1 atom stereocenters. The highest BCUT2D eigenvalue weighted by Crippen LogP contribution is 2.39. The van der Waals surface area contributed by atoms with Gasteiger partial charge in [-0.05, 0) is 30.7 Å². The zero-order valence-corrected chi connectivity index (χ0v) is 14.4. The predicted octanol–water partition coefficient (Wildman–Crippen LogP) is 3.28. The first kappa shape index (κ1) is 17.2. The molecule has 0 saturated carbocycles. The van der Waals surface area contributed by atoms with Gasteiger partial charge in [0.1, 0.15) is 5.37 Å². The van der Waals surface area contributed by atoms with Crippen molar-refractivity contribution in [2.75, 3.05) is 18.9 Å². The van der Waals surface area contributed by atoms with Crippen molar-refractivity contribution in [3.8, 4) is 5.88 Å². The third-order valence-corrected chi connectivity index (χ3v) is 5.08. The fraction of sp³-hybridized carbons (Fsp3) is 0.294. The summed E-state index contributed by atoms with van der Waals surface area (Å²) in [6.45, 7) is 3.01. The molecule has 130 valence electrons. The lowest BCUT2D eigenvalue weighted by Gasteiger charge is -2.24. The molecule has 0 radical (unpaired) electrons. The Morgan fingerprint density at radius 3 is 2.72 bits per heavy atom. The van der Waals surface area contributed by atoms with Crippen LogP contribution in [0.25, 0.3) is 0 Å². The van der Waals surface area contributed by atoms with Gasteiger partial charge in [0.15, 0.2) is 0 Å². The van der Waals surface area contributed by atoms with E-state index >= 15 is 0 Å². The number of carbonyl (C=O) groups excluding carboxylic acids is 1. The van der Waals surface area contributed by atoms with E-state index in [-0.39, 0.29) is 17.0 Å². The summed E-state index contributed by atoms with van der Waals surface area (Å²) in [5.74, 6) is 1.20. The van der Waals surface area contributed by atoms with E-state index in [0.29, 0.717) is 24.6 Å². The molecule has 1 unspecified atom stereocenters. The first-order chi connectivity index (χ1) is 12.1. The van der Waals surface area contributed by atoms with E-state index in [9.17, 15) is 14.9 Å². The molecule has 1 saturated heterocycles. The molecule has 2 aromatic rings. The number of hydrogen-bond acceptors (Lipinski definition) is 6.